The van der Waals surface area contributed by atoms with Crippen molar-refractivity contribution in [3.8, 4) is 5.75 Å². The molecule has 1 atom stereocenters. The first-order chi connectivity index (χ1) is 17.0. The number of benzene rings is 2. The molecule has 0 aliphatic carbocycles. The van der Waals surface area contributed by atoms with Gasteiger partial charge in [-0.25, -0.2) is 19.2 Å². The van der Waals surface area contributed by atoms with E-state index in [9.17, 15) is 14.0 Å². The van der Waals surface area contributed by atoms with Crippen molar-refractivity contribution in [3.63, 3.8) is 0 Å². The maximum Gasteiger partial charge on any atom is 0.355 e. The molecule has 35 heavy (non-hydrogen) atoms. The van der Waals surface area contributed by atoms with Gasteiger partial charge in [0.25, 0.3) is 5.91 Å². The van der Waals surface area contributed by atoms with Gasteiger partial charge in [-0.1, -0.05) is 30.0 Å². The fraction of sp³-hybridized carbons (Fsp3) is 0.160. The van der Waals surface area contributed by atoms with Crippen LogP contribution in [0.4, 0.5) is 4.39 Å². The van der Waals surface area contributed by atoms with Gasteiger partial charge in [0.1, 0.15) is 17.2 Å². The summed E-state index contributed by atoms with van der Waals surface area (Å²) in [4.78, 5) is 33.8. The Hall–Kier alpha value is -4.05. The van der Waals surface area contributed by atoms with Crippen LogP contribution >= 0.6 is 11.8 Å². The summed E-state index contributed by atoms with van der Waals surface area (Å²) in [7, 11) is 1.60. The number of fused-ring (bicyclic) bond motifs is 1. The van der Waals surface area contributed by atoms with Gasteiger partial charge in [0.2, 0.25) is 0 Å². The lowest BCUT2D eigenvalue weighted by Gasteiger charge is -2.21. The first-order valence-corrected chi connectivity index (χ1v) is 11.8. The lowest BCUT2D eigenvalue weighted by Crippen LogP contribution is -2.29. The van der Waals surface area contributed by atoms with E-state index in [1.165, 1.54) is 21.5 Å². The van der Waals surface area contributed by atoms with Crippen molar-refractivity contribution in [2.45, 2.75) is 17.6 Å². The van der Waals surface area contributed by atoms with Gasteiger partial charge < -0.3 is 4.74 Å². The number of aromatic nitrogens is 3. The maximum absolute atomic E-state index is 13.5. The van der Waals surface area contributed by atoms with Crippen molar-refractivity contribution in [2.24, 2.45) is 5.10 Å². The molecule has 2 aromatic carbocycles. The number of carbonyl (C=O) groups is 1. The number of carbonyl (C=O) groups excluding carboxylic acids is 1. The van der Waals surface area contributed by atoms with E-state index in [0.717, 1.165) is 34.3 Å². The Morgan fingerprint density at radius 3 is 2.60 bits per heavy atom. The monoisotopic (exact) mass is 489 g/mol. The van der Waals surface area contributed by atoms with Crippen LogP contribution in [-0.2, 0) is 4.79 Å². The molecule has 0 saturated heterocycles. The number of halogens is 1. The number of hydrazone groups is 1. The second kappa shape index (κ2) is 9.67. The minimum atomic E-state index is -0.462. The van der Waals surface area contributed by atoms with E-state index in [2.05, 4.69) is 15.1 Å². The van der Waals surface area contributed by atoms with Crippen LogP contribution in [0.25, 0.3) is 5.65 Å². The zero-order valence-corrected chi connectivity index (χ0v) is 19.5. The lowest BCUT2D eigenvalue weighted by molar-refractivity contribution is -0.130. The average molecular weight is 490 g/mol. The fourth-order valence-electron chi connectivity index (χ4n) is 3.85. The van der Waals surface area contributed by atoms with Crippen LogP contribution in [-0.4, -0.2) is 43.9 Å². The summed E-state index contributed by atoms with van der Waals surface area (Å²) in [5.41, 5.74) is 2.37. The number of methoxy groups -OCH3 is 1. The normalized spacial score (nSPS) is 15.3. The van der Waals surface area contributed by atoms with Gasteiger partial charge in [-0.3, -0.25) is 9.20 Å². The summed E-state index contributed by atoms with van der Waals surface area (Å²) >= 11 is 1.07. The molecule has 4 aromatic rings. The Bertz CT molecular complexity index is 1470. The molecule has 2 aromatic heterocycles. The largest absolute Gasteiger partial charge is 0.497 e. The third kappa shape index (κ3) is 4.78. The lowest BCUT2D eigenvalue weighted by atomic mass is 9.98. The van der Waals surface area contributed by atoms with E-state index in [1.807, 2.05) is 24.3 Å². The van der Waals surface area contributed by atoms with Gasteiger partial charge in [0, 0.05) is 12.6 Å². The van der Waals surface area contributed by atoms with Crippen molar-refractivity contribution in [3.05, 3.63) is 100 Å². The van der Waals surface area contributed by atoms with Crippen molar-refractivity contribution in [1.29, 1.82) is 0 Å². The first-order valence-electron chi connectivity index (χ1n) is 10.8. The van der Waals surface area contributed by atoms with Crippen LogP contribution in [0.5, 0.6) is 5.75 Å². The van der Waals surface area contributed by atoms with Crippen LogP contribution in [0.3, 0.4) is 0 Å². The molecule has 1 unspecified atom stereocenters. The average Bonchev–Trinajstić information content (AvgIpc) is 3.33. The predicted octanol–water partition coefficient (Wildman–Crippen LogP) is 3.71. The molecule has 1 aliphatic heterocycles. The van der Waals surface area contributed by atoms with Crippen LogP contribution in [0.2, 0.25) is 0 Å². The van der Waals surface area contributed by atoms with E-state index >= 15 is 0 Å². The molecular weight excluding hydrogens is 469 g/mol. The second-order valence-electron chi connectivity index (χ2n) is 7.79. The molecule has 0 saturated carbocycles. The molecule has 0 N–H and O–H groups in total. The topological polar surface area (TPSA) is 89.2 Å². The molecule has 0 spiro atoms. The molecule has 0 fully saturated rings. The smallest absolute Gasteiger partial charge is 0.355 e. The molecule has 1 aliphatic rings. The highest BCUT2D eigenvalue weighted by molar-refractivity contribution is 7.99. The Balaban J connectivity index is 1.40. The summed E-state index contributed by atoms with van der Waals surface area (Å²) in [5.74, 6) is 0.0819. The number of nitrogens with zero attached hydrogens (tertiary/aromatic N) is 5. The summed E-state index contributed by atoms with van der Waals surface area (Å²) in [6.45, 7) is 0. The maximum atomic E-state index is 13.5. The minimum Gasteiger partial charge on any atom is -0.497 e. The summed E-state index contributed by atoms with van der Waals surface area (Å²) in [6, 6.07) is 18.3. The molecular formula is C25H20FN5O3S. The van der Waals surface area contributed by atoms with E-state index in [4.69, 9.17) is 4.74 Å². The number of rotatable bonds is 6. The van der Waals surface area contributed by atoms with Gasteiger partial charge in [0.15, 0.2) is 5.16 Å². The minimum absolute atomic E-state index is 0.0144. The van der Waals surface area contributed by atoms with Gasteiger partial charge >= 0.3 is 5.69 Å². The molecule has 0 radical (unpaired) electrons. The van der Waals surface area contributed by atoms with E-state index in [1.54, 1.807) is 43.6 Å². The van der Waals surface area contributed by atoms with Gasteiger partial charge in [0.05, 0.1) is 24.6 Å². The van der Waals surface area contributed by atoms with Crippen molar-refractivity contribution in [1.82, 2.24) is 19.4 Å². The van der Waals surface area contributed by atoms with Crippen LogP contribution < -0.4 is 10.4 Å². The number of amides is 1. The molecule has 8 nitrogen and oxygen atoms in total. The number of hydrogen-bond acceptors (Lipinski definition) is 7. The van der Waals surface area contributed by atoms with E-state index in [0.29, 0.717) is 12.1 Å². The zero-order valence-electron chi connectivity index (χ0n) is 18.7. The fourth-order valence-corrected chi connectivity index (χ4v) is 4.53. The van der Waals surface area contributed by atoms with Crippen molar-refractivity contribution < 1.29 is 13.9 Å². The Labute approximate surface area is 204 Å². The zero-order chi connectivity index (χ0) is 24.4. The highest BCUT2D eigenvalue weighted by Gasteiger charge is 2.33. The molecule has 3 heterocycles. The van der Waals surface area contributed by atoms with E-state index < -0.39 is 5.69 Å². The molecule has 10 heteroatoms. The third-order valence-corrected chi connectivity index (χ3v) is 6.45. The van der Waals surface area contributed by atoms with Crippen LogP contribution in [0.1, 0.15) is 23.6 Å². The standard InChI is InChI=1S/C25H20FN5O3S/c1-34-19-11-7-16(8-12-19)20-14-21(17-5-9-18(26)10-6-17)31(29-20)23(32)15-35-24-27-22-4-2-3-13-30(22)25(33)28-24/h2-13,21H,14-15H2,1H3. The highest BCUT2D eigenvalue weighted by atomic mass is 32.2. The molecule has 176 valence electrons. The number of hydrogen-bond donors (Lipinski definition) is 0. The number of ether oxygens (including phenoxy) is 1. The van der Waals surface area contributed by atoms with Gasteiger partial charge in [-0.2, -0.15) is 10.1 Å². The van der Waals surface area contributed by atoms with Gasteiger partial charge in [-0.05, 0) is 59.7 Å². The molecule has 1 amide bonds. The van der Waals surface area contributed by atoms with Crippen LogP contribution in [0.15, 0.2) is 88.0 Å². The Morgan fingerprint density at radius 1 is 1.09 bits per heavy atom. The quantitative estimate of drug-likeness (QED) is 0.384. The SMILES string of the molecule is COc1ccc(C2=NN(C(=O)CSc3nc(=O)n4ccccc4n3)C(c3ccc(F)cc3)C2)cc1. The predicted molar refractivity (Wildman–Crippen MR) is 130 cm³/mol. The number of thioether (sulfide) groups is 1. The molecule has 5 rings (SSSR count). The number of pyridine rings is 1. The highest BCUT2D eigenvalue weighted by Crippen LogP contribution is 2.34. The van der Waals surface area contributed by atoms with Crippen molar-refractivity contribution in [2.75, 3.05) is 12.9 Å². The van der Waals surface area contributed by atoms with Gasteiger partial charge in [-0.15, -0.1) is 0 Å². The summed E-state index contributed by atoms with van der Waals surface area (Å²) in [6.07, 6.45) is 2.06. The third-order valence-electron chi connectivity index (χ3n) is 5.61. The van der Waals surface area contributed by atoms with Crippen molar-refractivity contribution >= 4 is 29.0 Å². The second-order valence-corrected chi connectivity index (χ2v) is 8.73. The van der Waals surface area contributed by atoms with E-state index in [-0.39, 0.29) is 28.7 Å². The summed E-state index contributed by atoms with van der Waals surface area (Å²) in [5, 5.41) is 6.26. The van der Waals surface area contributed by atoms with Crippen LogP contribution in [0, 0.1) is 5.82 Å². The molecule has 0 bridgehead atoms. The Morgan fingerprint density at radius 2 is 1.86 bits per heavy atom. The summed E-state index contributed by atoms with van der Waals surface area (Å²) < 4.78 is 20.1. The first kappa shape index (κ1) is 22.7. The Kier molecular flexibility index (Phi) is 6.28.